The zero-order valence-electron chi connectivity index (χ0n) is 11.5. The number of aryl methyl sites for hydroxylation is 1. The molecule has 2 heterocycles. The Morgan fingerprint density at radius 2 is 2.25 bits per heavy atom. The molecule has 1 aromatic carbocycles. The second-order valence-corrected chi connectivity index (χ2v) is 5.08. The van der Waals surface area contributed by atoms with E-state index in [-0.39, 0.29) is 18.6 Å². The van der Waals surface area contributed by atoms with Crippen LogP contribution in [0.1, 0.15) is 10.4 Å². The first kappa shape index (κ1) is 13.1. The summed E-state index contributed by atoms with van der Waals surface area (Å²) < 4.78 is 7.28. The monoisotopic (exact) mass is 274 g/mol. The standard InChI is InChI=1S/C15H18N2O3/c1-16-8-13(12-4-2-3-5-14(12)16)15(19)17-6-7-20-10-11(17)9-18/h2-5,8,11,18H,6-7,9-10H2,1H3/t11-/m0/s1. The number of aliphatic hydroxyl groups excluding tert-OH is 1. The molecule has 0 radical (unpaired) electrons. The van der Waals surface area contributed by atoms with Gasteiger partial charge < -0.3 is 19.3 Å². The van der Waals surface area contributed by atoms with Crippen LogP contribution in [0.2, 0.25) is 0 Å². The largest absolute Gasteiger partial charge is 0.394 e. The molecule has 1 amide bonds. The van der Waals surface area contributed by atoms with E-state index in [0.717, 1.165) is 10.9 Å². The van der Waals surface area contributed by atoms with Gasteiger partial charge >= 0.3 is 0 Å². The lowest BCUT2D eigenvalue weighted by Gasteiger charge is -2.34. The van der Waals surface area contributed by atoms with Crippen LogP contribution in [0.3, 0.4) is 0 Å². The van der Waals surface area contributed by atoms with Crippen molar-refractivity contribution >= 4 is 16.8 Å². The molecule has 1 fully saturated rings. The van der Waals surface area contributed by atoms with Crippen molar-refractivity contribution in [2.75, 3.05) is 26.4 Å². The lowest BCUT2D eigenvalue weighted by atomic mass is 10.1. The summed E-state index contributed by atoms with van der Waals surface area (Å²) in [5.74, 6) is -0.0378. The van der Waals surface area contributed by atoms with E-state index in [1.165, 1.54) is 0 Å². The molecular formula is C15H18N2O3. The van der Waals surface area contributed by atoms with E-state index in [9.17, 15) is 9.90 Å². The third-order valence-corrected chi connectivity index (χ3v) is 3.83. The third-order valence-electron chi connectivity index (χ3n) is 3.83. The van der Waals surface area contributed by atoms with Gasteiger partial charge in [-0.3, -0.25) is 4.79 Å². The van der Waals surface area contributed by atoms with Crippen LogP contribution in [0, 0.1) is 0 Å². The minimum absolute atomic E-state index is 0.0378. The fraction of sp³-hybridized carbons (Fsp3) is 0.400. The number of rotatable bonds is 2. The average molecular weight is 274 g/mol. The zero-order valence-corrected chi connectivity index (χ0v) is 11.5. The first-order valence-corrected chi connectivity index (χ1v) is 6.76. The highest BCUT2D eigenvalue weighted by atomic mass is 16.5. The summed E-state index contributed by atoms with van der Waals surface area (Å²) in [4.78, 5) is 14.5. The van der Waals surface area contributed by atoms with Gasteiger partial charge in [-0.15, -0.1) is 0 Å². The average Bonchev–Trinajstić information content (AvgIpc) is 2.84. The summed E-state index contributed by atoms with van der Waals surface area (Å²) in [6.07, 6.45) is 1.86. The molecule has 1 aliphatic rings. The van der Waals surface area contributed by atoms with Gasteiger partial charge in [0.25, 0.3) is 5.91 Å². The SMILES string of the molecule is Cn1cc(C(=O)N2CCOC[C@@H]2CO)c2ccccc21. The van der Waals surface area contributed by atoms with Crippen LogP contribution in [0.15, 0.2) is 30.5 Å². The van der Waals surface area contributed by atoms with E-state index in [1.807, 2.05) is 42.1 Å². The van der Waals surface area contributed by atoms with Crippen LogP contribution in [0.5, 0.6) is 0 Å². The Morgan fingerprint density at radius 1 is 1.45 bits per heavy atom. The first-order chi connectivity index (χ1) is 9.72. The molecule has 106 valence electrons. The minimum atomic E-state index is -0.254. The highest BCUT2D eigenvalue weighted by Crippen LogP contribution is 2.23. The Morgan fingerprint density at radius 3 is 3.05 bits per heavy atom. The fourth-order valence-corrected chi connectivity index (χ4v) is 2.74. The summed E-state index contributed by atoms with van der Waals surface area (Å²) in [5, 5.41) is 10.3. The number of carbonyl (C=O) groups is 1. The van der Waals surface area contributed by atoms with Crippen molar-refractivity contribution in [1.29, 1.82) is 0 Å². The number of para-hydroxylation sites is 1. The summed E-state index contributed by atoms with van der Waals surface area (Å²) in [5.41, 5.74) is 1.72. The molecule has 0 bridgehead atoms. The van der Waals surface area contributed by atoms with Crippen LogP contribution < -0.4 is 0 Å². The smallest absolute Gasteiger partial charge is 0.256 e. The number of aromatic nitrogens is 1. The van der Waals surface area contributed by atoms with Gasteiger partial charge in [0.1, 0.15) is 0 Å². The summed E-state index contributed by atoms with van der Waals surface area (Å²) in [6.45, 7) is 1.36. The Labute approximate surface area is 117 Å². The third kappa shape index (κ3) is 2.09. The summed E-state index contributed by atoms with van der Waals surface area (Å²) in [6, 6.07) is 7.59. The predicted molar refractivity (Wildman–Crippen MR) is 75.6 cm³/mol. The van der Waals surface area contributed by atoms with Gasteiger partial charge in [-0.1, -0.05) is 18.2 Å². The molecule has 3 rings (SSSR count). The van der Waals surface area contributed by atoms with E-state index in [2.05, 4.69) is 0 Å². The normalized spacial score (nSPS) is 19.5. The van der Waals surface area contributed by atoms with E-state index >= 15 is 0 Å². The molecule has 1 saturated heterocycles. The highest BCUT2D eigenvalue weighted by Gasteiger charge is 2.29. The second-order valence-electron chi connectivity index (χ2n) is 5.08. The molecular weight excluding hydrogens is 256 g/mol. The Hall–Kier alpha value is -1.85. The molecule has 0 saturated carbocycles. The number of nitrogens with zero attached hydrogens (tertiary/aromatic N) is 2. The predicted octanol–water partition coefficient (Wildman–Crippen LogP) is 1.01. The van der Waals surface area contributed by atoms with Gasteiger partial charge in [-0.25, -0.2) is 0 Å². The number of carbonyl (C=O) groups excluding carboxylic acids is 1. The highest BCUT2D eigenvalue weighted by molar-refractivity contribution is 6.07. The Balaban J connectivity index is 2.00. The van der Waals surface area contributed by atoms with Crippen LogP contribution in [-0.2, 0) is 11.8 Å². The molecule has 1 atom stereocenters. The minimum Gasteiger partial charge on any atom is -0.394 e. The number of hydrogen-bond donors (Lipinski definition) is 1. The Kier molecular flexibility index (Phi) is 3.46. The maximum absolute atomic E-state index is 12.7. The van der Waals surface area contributed by atoms with E-state index in [1.54, 1.807) is 4.90 Å². The maximum atomic E-state index is 12.7. The van der Waals surface area contributed by atoms with E-state index < -0.39 is 0 Å². The number of hydrogen-bond acceptors (Lipinski definition) is 3. The first-order valence-electron chi connectivity index (χ1n) is 6.76. The number of benzene rings is 1. The van der Waals surface area contributed by atoms with Crippen molar-refractivity contribution in [3.63, 3.8) is 0 Å². The van der Waals surface area contributed by atoms with Gasteiger partial charge in [0, 0.05) is 30.7 Å². The molecule has 20 heavy (non-hydrogen) atoms. The van der Waals surface area contributed by atoms with E-state index in [0.29, 0.717) is 25.3 Å². The van der Waals surface area contributed by atoms with Gasteiger partial charge in [-0.2, -0.15) is 0 Å². The molecule has 2 aromatic rings. The number of aliphatic hydroxyl groups is 1. The van der Waals surface area contributed by atoms with Crippen molar-refractivity contribution in [1.82, 2.24) is 9.47 Å². The molecule has 0 unspecified atom stereocenters. The van der Waals surface area contributed by atoms with Gasteiger partial charge in [0.05, 0.1) is 31.4 Å². The molecule has 0 spiro atoms. The van der Waals surface area contributed by atoms with Crippen molar-refractivity contribution in [2.24, 2.45) is 7.05 Å². The van der Waals surface area contributed by atoms with Crippen LogP contribution in [0.4, 0.5) is 0 Å². The molecule has 1 aliphatic heterocycles. The molecule has 1 N–H and O–H groups in total. The molecule has 0 aliphatic carbocycles. The van der Waals surface area contributed by atoms with Crippen molar-refractivity contribution < 1.29 is 14.6 Å². The lowest BCUT2D eigenvalue weighted by Crippen LogP contribution is -2.50. The molecule has 5 nitrogen and oxygen atoms in total. The molecule has 1 aromatic heterocycles. The van der Waals surface area contributed by atoms with Gasteiger partial charge in [-0.05, 0) is 6.07 Å². The fourth-order valence-electron chi connectivity index (χ4n) is 2.74. The molecule has 5 heteroatoms. The zero-order chi connectivity index (χ0) is 14.1. The number of morpholine rings is 1. The number of amides is 1. The van der Waals surface area contributed by atoms with E-state index in [4.69, 9.17) is 4.74 Å². The summed E-state index contributed by atoms with van der Waals surface area (Å²) >= 11 is 0. The lowest BCUT2D eigenvalue weighted by molar-refractivity contribution is -0.0183. The maximum Gasteiger partial charge on any atom is 0.256 e. The van der Waals surface area contributed by atoms with Crippen molar-refractivity contribution in [3.8, 4) is 0 Å². The second kappa shape index (κ2) is 5.26. The summed E-state index contributed by atoms with van der Waals surface area (Å²) in [7, 11) is 1.93. The topological polar surface area (TPSA) is 54.7 Å². The van der Waals surface area contributed by atoms with Crippen molar-refractivity contribution in [2.45, 2.75) is 6.04 Å². The van der Waals surface area contributed by atoms with Crippen LogP contribution >= 0.6 is 0 Å². The number of ether oxygens (including phenoxy) is 1. The Bertz CT molecular complexity index is 635. The number of fused-ring (bicyclic) bond motifs is 1. The van der Waals surface area contributed by atoms with Gasteiger partial charge in [0.15, 0.2) is 0 Å². The quantitative estimate of drug-likeness (QED) is 0.889. The van der Waals surface area contributed by atoms with Crippen molar-refractivity contribution in [3.05, 3.63) is 36.0 Å². The van der Waals surface area contributed by atoms with Gasteiger partial charge in [0.2, 0.25) is 0 Å². The van der Waals surface area contributed by atoms with Crippen LogP contribution in [-0.4, -0.2) is 52.9 Å². The van der Waals surface area contributed by atoms with Crippen LogP contribution in [0.25, 0.3) is 10.9 Å².